The number of aliphatic hydroxyl groups is 1. The van der Waals surface area contributed by atoms with E-state index < -0.39 is 12.1 Å². The number of hydrogen-bond acceptors (Lipinski definition) is 3. The van der Waals surface area contributed by atoms with Gasteiger partial charge in [-0.25, -0.2) is 4.79 Å². The summed E-state index contributed by atoms with van der Waals surface area (Å²) < 4.78 is 4.99. The topological polar surface area (TPSA) is 46.5 Å². The molecule has 0 radical (unpaired) electrons. The number of aliphatic hydroxyl groups excluding tert-OH is 1. The Balaban J connectivity index is 2.21. The Morgan fingerprint density at radius 3 is 3.08 bits per heavy atom. The van der Waals surface area contributed by atoms with Gasteiger partial charge in [-0.2, -0.15) is 0 Å². The minimum absolute atomic E-state index is 0.0244. The standard InChI is InChI=1S/C9H12O3/c1-5-2-3-6-4-7(5)8(10)9(11)12-6/h6-8,10H,1-4H2. The van der Waals surface area contributed by atoms with Crippen LogP contribution in [0.3, 0.4) is 0 Å². The van der Waals surface area contributed by atoms with Gasteiger partial charge >= 0.3 is 5.97 Å². The molecule has 3 heteroatoms. The monoisotopic (exact) mass is 168 g/mol. The maximum absolute atomic E-state index is 11.0. The predicted octanol–water partition coefficient (Wildman–Crippen LogP) is 0.629. The number of ether oxygens (including phenoxy) is 1. The summed E-state index contributed by atoms with van der Waals surface area (Å²) in [6.07, 6.45) is 1.56. The van der Waals surface area contributed by atoms with Gasteiger partial charge < -0.3 is 9.84 Å². The third-order valence-corrected chi connectivity index (χ3v) is 2.73. The number of rotatable bonds is 0. The van der Waals surface area contributed by atoms with Crippen LogP contribution in [0.4, 0.5) is 0 Å². The lowest BCUT2D eigenvalue weighted by atomic mass is 9.78. The zero-order chi connectivity index (χ0) is 8.72. The van der Waals surface area contributed by atoms with Crippen LogP contribution in [0.15, 0.2) is 12.2 Å². The van der Waals surface area contributed by atoms with E-state index in [2.05, 4.69) is 6.58 Å². The number of carbonyl (C=O) groups excluding carboxylic acids is 1. The van der Waals surface area contributed by atoms with Gasteiger partial charge in [0.15, 0.2) is 6.10 Å². The maximum atomic E-state index is 11.0. The van der Waals surface area contributed by atoms with E-state index in [4.69, 9.17) is 4.74 Å². The molecule has 0 amide bonds. The van der Waals surface area contributed by atoms with Crippen LogP contribution in [0.5, 0.6) is 0 Å². The SMILES string of the molecule is C=C1CCC2CC1C(O)C(=O)O2. The molecule has 0 spiro atoms. The van der Waals surface area contributed by atoms with Gasteiger partial charge in [-0.15, -0.1) is 0 Å². The lowest BCUT2D eigenvalue weighted by Gasteiger charge is -2.37. The van der Waals surface area contributed by atoms with Crippen LogP contribution in [0.25, 0.3) is 0 Å². The molecule has 1 saturated carbocycles. The predicted molar refractivity (Wildman–Crippen MR) is 42.4 cm³/mol. The van der Waals surface area contributed by atoms with Crippen LogP contribution in [-0.2, 0) is 9.53 Å². The third kappa shape index (κ3) is 1.05. The summed E-state index contributed by atoms with van der Waals surface area (Å²) in [5, 5.41) is 9.42. The molecule has 1 N–H and O–H groups in total. The molecule has 1 saturated heterocycles. The second-order valence-electron chi connectivity index (χ2n) is 3.54. The first kappa shape index (κ1) is 7.80. The van der Waals surface area contributed by atoms with E-state index >= 15 is 0 Å². The number of fused-ring (bicyclic) bond motifs is 2. The lowest BCUT2D eigenvalue weighted by molar-refractivity contribution is -0.173. The fraction of sp³-hybridized carbons (Fsp3) is 0.667. The lowest BCUT2D eigenvalue weighted by Crippen LogP contribution is -2.45. The van der Waals surface area contributed by atoms with E-state index in [-0.39, 0.29) is 12.0 Å². The zero-order valence-corrected chi connectivity index (χ0v) is 6.82. The van der Waals surface area contributed by atoms with Crippen molar-refractivity contribution in [2.45, 2.75) is 31.5 Å². The van der Waals surface area contributed by atoms with Crippen molar-refractivity contribution in [2.75, 3.05) is 0 Å². The van der Waals surface area contributed by atoms with E-state index in [9.17, 15) is 9.90 Å². The van der Waals surface area contributed by atoms with Crippen LogP contribution < -0.4 is 0 Å². The maximum Gasteiger partial charge on any atom is 0.335 e. The van der Waals surface area contributed by atoms with Crippen molar-refractivity contribution in [3.63, 3.8) is 0 Å². The summed E-state index contributed by atoms with van der Waals surface area (Å²) in [7, 11) is 0. The Bertz CT molecular complexity index is 232. The molecule has 0 aromatic rings. The first-order chi connectivity index (χ1) is 5.68. The normalized spacial score (nSPS) is 40.9. The number of hydrogen-bond donors (Lipinski definition) is 1. The van der Waals surface area contributed by atoms with Crippen LogP contribution >= 0.6 is 0 Å². The second-order valence-corrected chi connectivity index (χ2v) is 3.54. The number of esters is 1. The van der Waals surface area contributed by atoms with E-state index in [0.29, 0.717) is 0 Å². The highest BCUT2D eigenvalue weighted by Gasteiger charge is 2.41. The van der Waals surface area contributed by atoms with Crippen LogP contribution in [0, 0.1) is 5.92 Å². The van der Waals surface area contributed by atoms with Gasteiger partial charge in [-0.05, 0) is 19.3 Å². The molecule has 0 aromatic carbocycles. The van der Waals surface area contributed by atoms with Gasteiger partial charge in [0.05, 0.1) is 0 Å². The van der Waals surface area contributed by atoms with Crippen LogP contribution in [-0.4, -0.2) is 23.3 Å². The molecule has 2 aliphatic rings. The van der Waals surface area contributed by atoms with Gasteiger partial charge in [0, 0.05) is 5.92 Å². The van der Waals surface area contributed by atoms with Gasteiger partial charge in [0.1, 0.15) is 6.10 Å². The van der Waals surface area contributed by atoms with Crippen molar-refractivity contribution < 1.29 is 14.6 Å². The molecule has 3 nitrogen and oxygen atoms in total. The van der Waals surface area contributed by atoms with Crippen molar-refractivity contribution in [3.8, 4) is 0 Å². The first-order valence-electron chi connectivity index (χ1n) is 4.24. The molecule has 3 atom stereocenters. The largest absolute Gasteiger partial charge is 0.460 e. The van der Waals surface area contributed by atoms with E-state index in [1.807, 2.05) is 0 Å². The Kier molecular flexibility index (Phi) is 1.68. The van der Waals surface area contributed by atoms with E-state index in [1.165, 1.54) is 0 Å². The first-order valence-corrected chi connectivity index (χ1v) is 4.24. The average molecular weight is 168 g/mol. The van der Waals surface area contributed by atoms with Gasteiger partial charge in [-0.1, -0.05) is 12.2 Å². The zero-order valence-electron chi connectivity index (χ0n) is 6.82. The molecule has 1 heterocycles. The molecule has 2 rings (SSSR count). The van der Waals surface area contributed by atoms with Crippen molar-refractivity contribution in [3.05, 3.63) is 12.2 Å². The summed E-state index contributed by atoms with van der Waals surface area (Å²) in [4.78, 5) is 11.0. The Morgan fingerprint density at radius 1 is 1.58 bits per heavy atom. The molecular weight excluding hydrogens is 156 g/mol. The molecule has 66 valence electrons. The van der Waals surface area contributed by atoms with Crippen LogP contribution in [0.2, 0.25) is 0 Å². The van der Waals surface area contributed by atoms with Gasteiger partial charge in [-0.3, -0.25) is 0 Å². The molecule has 12 heavy (non-hydrogen) atoms. The minimum Gasteiger partial charge on any atom is -0.460 e. The summed E-state index contributed by atoms with van der Waals surface area (Å²) >= 11 is 0. The van der Waals surface area contributed by atoms with E-state index in [1.54, 1.807) is 0 Å². The smallest absolute Gasteiger partial charge is 0.335 e. The quantitative estimate of drug-likeness (QED) is 0.426. The molecule has 1 aliphatic carbocycles. The van der Waals surface area contributed by atoms with E-state index in [0.717, 1.165) is 24.8 Å². The minimum atomic E-state index is -0.964. The summed E-state index contributed by atoms with van der Waals surface area (Å²) in [6, 6.07) is 0. The average Bonchev–Trinajstić information content (AvgIpc) is 2.06. The highest BCUT2D eigenvalue weighted by atomic mass is 16.6. The molecule has 1 aliphatic heterocycles. The van der Waals surface area contributed by atoms with Crippen molar-refractivity contribution in [2.24, 2.45) is 5.92 Å². The fourth-order valence-corrected chi connectivity index (χ4v) is 1.96. The van der Waals surface area contributed by atoms with Crippen molar-refractivity contribution >= 4 is 5.97 Å². The third-order valence-electron chi connectivity index (χ3n) is 2.73. The Hall–Kier alpha value is -0.830. The molecule has 2 fully saturated rings. The Morgan fingerprint density at radius 2 is 2.33 bits per heavy atom. The molecular formula is C9H12O3. The summed E-state index contributed by atoms with van der Waals surface area (Å²) in [5.74, 6) is -0.526. The number of carbonyl (C=O) groups is 1. The van der Waals surface area contributed by atoms with Crippen molar-refractivity contribution in [1.82, 2.24) is 0 Å². The Labute approximate surface area is 71.0 Å². The fourth-order valence-electron chi connectivity index (χ4n) is 1.96. The van der Waals surface area contributed by atoms with Crippen molar-refractivity contribution in [1.29, 1.82) is 0 Å². The summed E-state index contributed by atoms with van der Waals surface area (Å²) in [6.45, 7) is 3.85. The molecule has 2 bridgehead atoms. The highest BCUT2D eigenvalue weighted by Crippen LogP contribution is 2.36. The molecule has 0 aromatic heterocycles. The second kappa shape index (κ2) is 2.59. The van der Waals surface area contributed by atoms with Crippen LogP contribution in [0.1, 0.15) is 19.3 Å². The van der Waals surface area contributed by atoms with Gasteiger partial charge in [0.2, 0.25) is 0 Å². The summed E-state index contributed by atoms with van der Waals surface area (Å²) in [5.41, 5.74) is 0.996. The highest BCUT2D eigenvalue weighted by molar-refractivity contribution is 5.76. The molecule has 3 unspecified atom stereocenters. The van der Waals surface area contributed by atoms with Gasteiger partial charge in [0.25, 0.3) is 0 Å².